The van der Waals surface area contributed by atoms with Crippen LogP contribution in [0.4, 0.5) is 5.69 Å². The molecule has 28 heavy (non-hydrogen) atoms. The van der Waals surface area contributed by atoms with E-state index in [9.17, 15) is 14.7 Å². The predicted molar refractivity (Wildman–Crippen MR) is 122 cm³/mol. The predicted octanol–water partition coefficient (Wildman–Crippen LogP) is 5.08. The lowest BCUT2D eigenvalue weighted by Crippen LogP contribution is -2.28. The standard InChI is InChI=1S/C19H14BrIN2O4S/c1-2-23-17(25)15(8-11-6-12(20)9-14(21)16(11)24)28-19(23)22-13-5-3-4-10(7-13)18(26)27/h3-9,24H,2H2,1H3,(H,26,27)/b15-8-,22-19?. The van der Waals surface area contributed by atoms with E-state index in [2.05, 4.69) is 20.9 Å². The minimum Gasteiger partial charge on any atom is -0.506 e. The second-order valence-corrected chi connectivity index (χ2v) is 8.82. The summed E-state index contributed by atoms with van der Waals surface area (Å²) in [5.74, 6) is -1.15. The van der Waals surface area contributed by atoms with E-state index in [1.807, 2.05) is 29.5 Å². The number of amides is 1. The second-order valence-electron chi connectivity index (χ2n) is 5.74. The van der Waals surface area contributed by atoms with Crippen LogP contribution in [0.1, 0.15) is 22.8 Å². The number of carbonyl (C=O) groups is 2. The topological polar surface area (TPSA) is 90.2 Å². The van der Waals surface area contributed by atoms with Gasteiger partial charge in [0, 0.05) is 16.6 Å². The molecule has 0 aliphatic carbocycles. The molecule has 1 fully saturated rings. The molecule has 0 saturated carbocycles. The number of amidine groups is 1. The minimum absolute atomic E-state index is 0.104. The summed E-state index contributed by atoms with van der Waals surface area (Å²) in [7, 11) is 0. The molecule has 1 saturated heterocycles. The first-order valence-electron chi connectivity index (χ1n) is 8.11. The number of halogens is 2. The lowest BCUT2D eigenvalue weighted by molar-refractivity contribution is -0.122. The average molecular weight is 573 g/mol. The number of benzene rings is 2. The number of thioether (sulfide) groups is 1. The van der Waals surface area contributed by atoms with Crippen molar-refractivity contribution in [3.8, 4) is 5.75 Å². The molecule has 144 valence electrons. The fraction of sp³-hybridized carbons (Fsp3) is 0.105. The van der Waals surface area contributed by atoms with Crippen LogP contribution in [-0.2, 0) is 4.79 Å². The van der Waals surface area contributed by atoms with Crippen LogP contribution >= 0.6 is 50.3 Å². The maximum Gasteiger partial charge on any atom is 0.335 e. The lowest BCUT2D eigenvalue weighted by atomic mass is 10.2. The molecule has 0 bridgehead atoms. The molecule has 0 radical (unpaired) electrons. The Morgan fingerprint density at radius 2 is 2.11 bits per heavy atom. The molecule has 0 unspecified atom stereocenters. The number of aromatic carboxylic acids is 1. The lowest BCUT2D eigenvalue weighted by Gasteiger charge is -2.12. The number of rotatable bonds is 4. The van der Waals surface area contributed by atoms with Crippen molar-refractivity contribution in [1.82, 2.24) is 4.90 Å². The summed E-state index contributed by atoms with van der Waals surface area (Å²) >= 11 is 6.60. The number of phenolic OH excluding ortho intramolecular Hbond substituents is 1. The van der Waals surface area contributed by atoms with E-state index in [0.717, 1.165) is 4.47 Å². The Labute approximate surface area is 187 Å². The molecule has 1 aliphatic heterocycles. The fourth-order valence-corrected chi connectivity index (χ4v) is 5.13. The number of nitrogens with zero attached hydrogens (tertiary/aromatic N) is 2. The summed E-state index contributed by atoms with van der Waals surface area (Å²) in [5.41, 5.74) is 1.11. The van der Waals surface area contributed by atoms with E-state index in [-0.39, 0.29) is 17.2 Å². The van der Waals surface area contributed by atoms with Crippen molar-refractivity contribution >= 4 is 79.1 Å². The summed E-state index contributed by atoms with van der Waals surface area (Å²) < 4.78 is 1.46. The van der Waals surface area contributed by atoms with Gasteiger partial charge in [0.25, 0.3) is 5.91 Å². The van der Waals surface area contributed by atoms with Crippen molar-refractivity contribution in [3.63, 3.8) is 0 Å². The van der Waals surface area contributed by atoms with Gasteiger partial charge in [-0.05, 0) is 77.7 Å². The number of likely N-dealkylation sites (N-methyl/N-ethyl adjacent to an activating group) is 1. The van der Waals surface area contributed by atoms with Gasteiger partial charge < -0.3 is 10.2 Å². The number of carboxylic acids is 1. The molecule has 1 aliphatic rings. The van der Waals surface area contributed by atoms with E-state index in [4.69, 9.17) is 5.11 Å². The summed E-state index contributed by atoms with van der Waals surface area (Å²) in [4.78, 5) is 30.3. The Balaban J connectivity index is 1.99. The van der Waals surface area contributed by atoms with Crippen LogP contribution in [0.2, 0.25) is 0 Å². The van der Waals surface area contributed by atoms with Crippen LogP contribution < -0.4 is 0 Å². The Hall–Kier alpha value is -1.85. The Bertz CT molecular complexity index is 1040. The number of hydrogen-bond acceptors (Lipinski definition) is 5. The van der Waals surface area contributed by atoms with Crippen LogP contribution in [0.5, 0.6) is 5.75 Å². The van der Waals surface area contributed by atoms with Gasteiger partial charge in [0.15, 0.2) is 5.17 Å². The molecule has 2 aromatic carbocycles. The van der Waals surface area contributed by atoms with Gasteiger partial charge in [0.2, 0.25) is 0 Å². The van der Waals surface area contributed by atoms with Crippen LogP contribution in [0, 0.1) is 3.57 Å². The average Bonchev–Trinajstić information content (AvgIpc) is 2.93. The SMILES string of the molecule is CCN1C(=O)/C(=C/c2cc(Br)cc(I)c2O)SC1=Nc1cccc(C(=O)O)c1. The molecular weight excluding hydrogens is 559 g/mol. The van der Waals surface area contributed by atoms with Gasteiger partial charge in [-0.15, -0.1) is 0 Å². The molecule has 1 heterocycles. The first-order chi connectivity index (χ1) is 13.3. The minimum atomic E-state index is -1.04. The summed E-state index contributed by atoms with van der Waals surface area (Å²) in [6.45, 7) is 2.26. The van der Waals surface area contributed by atoms with Crippen molar-refractivity contribution in [2.75, 3.05) is 6.54 Å². The smallest absolute Gasteiger partial charge is 0.335 e. The highest BCUT2D eigenvalue weighted by atomic mass is 127. The summed E-state index contributed by atoms with van der Waals surface area (Å²) in [6, 6.07) is 9.75. The molecule has 1 amide bonds. The third kappa shape index (κ3) is 4.41. The highest BCUT2D eigenvalue weighted by molar-refractivity contribution is 14.1. The second kappa shape index (κ2) is 8.66. The molecule has 2 N–H and O–H groups in total. The van der Waals surface area contributed by atoms with Gasteiger partial charge in [-0.2, -0.15) is 0 Å². The van der Waals surface area contributed by atoms with Gasteiger partial charge in [0.1, 0.15) is 5.75 Å². The van der Waals surface area contributed by atoms with Crippen LogP contribution in [-0.4, -0.2) is 38.7 Å². The number of hydrogen-bond donors (Lipinski definition) is 2. The van der Waals surface area contributed by atoms with E-state index in [1.165, 1.54) is 28.8 Å². The zero-order chi connectivity index (χ0) is 20.4. The van der Waals surface area contributed by atoms with Crippen molar-refractivity contribution in [3.05, 3.63) is 60.5 Å². The van der Waals surface area contributed by atoms with Gasteiger partial charge in [0.05, 0.1) is 19.7 Å². The summed E-state index contributed by atoms with van der Waals surface area (Å²) in [6.07, 6.45) is 1.63. The highest BCUT2D eigenvalue weighted by Gasteiger charge is 2.32. The van der Waals surface area contributed by atoms with Gasteiger partial charge in [-0.1, -0.05) is 22.0 Å². The molecule has 6 nitrogen and oxygen atoms in total. The fourth-order valence-electron chi connectivity index (χ4n) is 2.53. The van der Waals surface area contributed by atoms with Crippen LogP contribution in [0.15, 0.2) is 50.8 Å². The first-order valence-corrected chi connectivity index (χ1v) is 10.8. The van der Waals surface area contributed by atoms with Crippen molar-refractivity contribution in [1.29, 1.82) is 0 Å². The molecule has 9 heteroatoms. The molecule has 2 aromatic rings. The number of phenols is 1. The van der Waals surface area contributed by atoms with Gasteiger partial charge in [-0.25, -0.2) is 9.79 Å². The molecular formula is C19H14BrIN2O4S. The molecule has 0 atom stereocenters. The molecule has 0 aromatic heterocycles. The number of aliphatic imine (C=N–C) groups is 1. The zero-order valence-electron chi connectivity index (χ0n) is 14.5. The van der Waals surface area contributed by atoms with Crippen LogP contribution in [0.25, 0.3) is 6.08 Å². The normalized spacial score (nSPS) is 17.0. The van der Waals surface area contributed by atoms with E-state index in [0.29, 0.717) is 31.4 Å². The van der Waals surface area contributed by atoms with E-state index < -0.39 is 5.97 Å². The zero-order valence-corrected chi connectivity index (χ0v) is 19.1. The Morgan fingerprint density at radius 1 is 1.36 bits per heavy atom. The maximum absolute atomic E-state index is 12.8. The number of aromatic hydroxyl groups is 1. The van der Waals surface area contributed by atoms with Gasteiger partial charge in [-0.3, -0.25) is 9.69 Å². The quantitative estimate of drug-likeness (QED) is 0.394. The van der Waals surface area contributed by atoms with Gasteiger partial charge >= 0.3 is 5.97 Å². The van der Waals surface area contributed by atoms with Crippen molar-refractivity contribution < 1.29 is 19.8 Å². The van der Waals surface area contributed by atoms with E-state index in [1.54, 1.807) is 30.3 Å². The Morgan fingerprint density at radius 3 is 2.79 bits per heavy atom. The first kappa shape index (κ1) is 20.9. The van der Waals surface area contributed by atoms with E-state index >= 15 is 0 Å². The largest absolute Gasteiger partial charge is 0.506 e. The van der Waals surface area contributed by atoms with Crippen molar-refractivity contribution in [2.45, 2.75) is 6.92 Å². The third-order valence-corrected chi connectivity index (χ3v) is 6.15. The van der Waals surface area contributed by atoms with Crippen molar-refractivity contribution in [2.24, 2.45) is 4.99 Å². The maximum atomic E-state index is 12.8. The molecule has 0 spiro atoms. The van der Waals surface area contributed by atoms with Crippen LogP contribution in [0.3, 0.4) is 0 Å². The number of carboxylic acid groups (broad SMARTS) is 1. The molecule has 3 rings (SSSR count). The number of carbonyl (C=O) groups excluding carboxylic acids is 1. The monoisotopic (exact) mass is 572 g/mol. The highest BCUT2D eigenvalue weighted by Crippen LogP contribution is 2.37. The Kier molecular flexibility index (Phi) is 6.46. The summed E-state index contributed by atoms with van der Waals surface area (Å²) in [5, 5.41) is 19.9. The third-order valence-electron chi connectivity index (χ3n) is 3.87.